The molecular weight excluding hydrogens is 334 g/mol. The largest absolute Gasteiger partial charge is 0.423 e. The highest BCUT2D eigenvalue weighted by molar-refractivity contribution is 5.89. The van der Waals surface area contributed by atoms with Gasteiger partial charge in [-0.15, -0.1) is 0 Å². The number of ether oxygens (including phenoxy) is 1. The average Bonchev–Trinajstić information content (AvgIpc) is 2.66. The standard InChI is InChI=1S/C24H23NO2/c1-17(2)24(26)27-23-15-13-22(14-16-23)25(20-9-5-18(3)6-10-20)21-11-7-19(4)8-12-21/h5-16H,1H2,2-4H3. The van der Waals surface area contributed by atoms with Crippen molar-refractivity contribution in [2.45, 2.75) is 20.8 Å². The van der Waals surface area contributed by atoms with Crippen LogP contribution in [0.1, 0.15) is 18.1 Å². The molecule has 136 valence electrons. The Morgan fingerprint density at radius 1 is 0.741 bits per heavy atom. The van der Waals surface area contributed by atoms with Gasteiger partial charge in [0.05, 0.1) is 0 Å². The van der Waals surface area contributed by atoms with Crippen LogP contribution in [0.3, 0.4) is 0 Å². The number of nitrogens with zero attached hydrogens (tertiary/aromatic N) is 1. The summed E-state index contributed by atoms with van der Waals surface area (Å²) >= 11 is 0. The lowest BCUT2D eigenvalue weighted by molar-refractivity contribution is -0.130. The van der Waals surface area contributed by atoms with E-state index in [0.29, 0.717) is 11.3 Å². The number of carbonyl (C=O) groups is 1. The molecule has 3 nitrogen and oxygen atoms in total. The predicted octanol–water partition coefficient (Wildman–Crippen LogP) is 6.25. The third kappa shape index (κ3) is 4.45. The van der Waals surface area contributed by atoms with Crippen molar-refractivity contribution < 1.29 is 9.53 Å². The second kappa shape index (κ2) is 7.92. The van der Waals surface area contributed by atoms with E-state index in [0.717, 1.165) is 17.1 Å². The van der Waals surface area contributed by atoms with Gasteiger partial charge in [-0.25, -0.2) is 4.79 Å². The second-order valence-corrected chi connectivity index (χ2v) is 6.67. The maximum Gasteiger partial charge on any atom is 0.338 e. The quantitative estimate of drug-likeness (QED) is 0.307. The molecule has 0 aliphatic heterocycles. The molecule has 0 atom stereocenters. The van der Waals surface area contributed by atoms with Crippen LogP contribution in [-0.2, 0) is 4.79 Å². The molecule has 0 aliphatic carbocycles. The monoisotopic (exact) mass is 357 g/mol. The third-order valence-corrected chi connectivity index (χ3v) is 4.24. The van der Waals surface area contributed by atoms with E-state index in [1.54, 1.807) is 19.1 Å². The van der Waals surface area contributed by atoms with Gasteiger partial charge in [0.1, 0.15) is 5.75 Å². The van der Waals surface area contributed by atoms with Crippen molar-refractivity contribution >= 4 is 23.0 Å². The van der Waals surface area contributed by atoms with E-state index >= 15 is 0 Å². The van der Waals surface area contributed by atoms with Crippen LogP contribution in [0.15, 0.2) is 84.9 Å². The zero-order valence-electron chi connectivity index (χ0n) is 15.9. The number of anilines is 3. The summed E-state index contributed by atoms with van der Waals surface area (Å²) in [6, 6.07) is 24.3. The van der Waals surface area contributed by atoms with Crippen molar-refractivity contribution in [2.24, 2.45) is 0 Å². The Morgan fingerprint density at radius 2 is 1.11 bits per heavy atom. The van der Waals surface area contributed by atoms with Crippen LogP contribution in [0.4, 0.5) is 17.1 Å². The van der Waals surface area contributed by atoms with E-state index in [-0.39, 0.29) is 0 Å². The zero-order valence-corrected chi connectivity index (χ0v) is 15.9. The predicted molar refractivity (Wildman–Crippen MR) is 111 cm³/mol. The molecule has 0 aromatic heterocycles. The minimum Gasteiger partial charge on any atom is -0.423 e. The van der Waals surface area contributed by atoms with Gasteiger partial charge >= 0.3 is 5.97 Å². The summed E-state index contributed by atoms with van der Waals surface area (Å²) < 4.78 is 5.30. The molecule has 0 saturated carbocycles. The summed E-state index contributed by atoms with van der Waals surface area (Å²) in [5, 5.41) is 0. The zero-order chi connectivity index (χ0) is 19.4. The van der Waals surface area contributed by atoms with Crippen LogP contribution >= 0.6 is 0 Å². The van der Waals surface area contributed by atoms with E-state index in [1.165, 1.54) is 11.1 Å². The van der Waals surface area contributed by atoms with Crippen molar-refractivity contribution in [3.8, 4) is 5.75 Å². The van der Waals surface area contributed by atoms with Crippen LogP contribution in [0, 0.1) is 13.8 Å². The molecule has 0 aliphatic rings. The molecule has 0 bridgehead atoms. The summed E-state index contributed by atoms with van der Waals surface area (Å²) in [6.45, 7) is 9.39. The van der Waals surface area contributed by atoms with Crippen LogP contribution in [-0.4, -0.2) is 5.97 Å². The summed E-state index contributed by atoms with van der Waals surface area (Å²) in [6.07, 6.45) is 0. The van der Waals surface area contributed by atoms with E-state index < -0.39 is 5.97 Å². The maximum absolute atomic E-state index is 11.7. The van der Waals surface area contributed by atoms with Gasteiger partial charge in [0.25, 0.3) is 0 Å². The summed E-state index contributed by atoms with van der Waals surface area (Å²) in [5.41, 5.74) is 5.92. The first kappa shape index (κ1) is 18.5. The first-order chi connectivity index (χ1) is 12.9. The summed E-state index contributed by atoms with van der Waals surface area (Å²) in [5.74, 6) is 0.0798. The molecule has 0 heterocycles. The van der Waals surface area contributed by atoms with Crippen molar-refractivity contribution in [1.29, 1.82) is 0 Å². The molecule has 0 fully saturated rings. The lowest BCUT2D eigenvalue weighted by Crippen LogP contribution is -2.11. The maximum atomic E-state index is 11.7. The number of hydrogen-bond acceptors (Lipinski definition) is 3. The van der Waals surface area contributed by atoms with Crippen LogP contribution in [0.2, 0.25) is 0 Å². The molecule has 0 radical (unpaired) electrons. The first-order valence-electron chi connectivity index (χ1n) is 8.85. The van der Waals surface area contributed by atoms with E-state index in [2.05, 4.69) is 73.9 Å². The second-order valence-electron chi connectivity index (χ2n) is 6.67. The minimum atomic E-state index is -0.420. The van der Waals surface area contributed by atoms with Gasteiger partial charge in [0.2, 0.25) is 0 Å². The Hall–Kier alpha value is -3.33. The molecule has 0 N–H and O–H groups in total. The molecule has 0 spiro atoms. The highest BCUT2D eigenvalue weighted by atomic mass is 16.5. The molecule has 3 heteroatoms. The Kier molecular flexibility index (Phi) is 5.41. The third-order valence-electron chi connectivity index (χ3n) is 4.24. The fraction of sp³-hybridized carbons (Fsp3) is 0.125. The van der Waals surface area contributed by atoms with E-state index in [4.69, 9.17) is 4.74 Å². The van der Waals surface area contributed by atoms with E-state index in [1.807, 2.05) is 12.1 Å². The Bertz CT molecular complexity index is 894. The average molecular weight is 357 g/mol. The Labute approximate surface area is 160 Å². The number of aryl methyl sites for hydroxylation is 2. The molecular formula is C24H23NO2. The summed E-state index contributed by atoms with van der Waals surface area (Å²) in [7, 11) is 0. The molecule has 0 unspecified atom stereocenters. The van der Waals surface area contributed by atoms with Gasteiger partial charge in [-0.1, -0.05) is 42.0 Å². The van der Waals surface area contributed by atoms with E-state index in [9.17, 15) is 4.79 Å². The number of rotatable bonds is 5. The minimum absolute atomic E-state index is 0.375. The van der Waals surface area contributed by atoms with Gasteiger partial charge in [-0.3, -0.25) is 0 Å². The highest BCUT2D eigenvalue weighted by Crippen LogP contribution is 2.35. The lowest BCUT2D eigenvalue weighted by Gasteiger charge is -2.26. The smallest absolute Gasteiger partial charge is 0.338 e. The molecule has 0 amide bonds. The Morgan fingerprint density at radius 3 is 1.48 bits per heavy atom. The number of carbonyl (C=O) groups excluding carboxylic acids is 1. The van der Waals surface area contributed by atoms with Gasteiger partial charge in [0.15, 0.2) is 0 Å². The molecule has 27 heavy (non-hydrogen) atoms. The molecule has 0 saturated heterocycles. The van der Waals surface area contributed by atoms with Gasteiger partial charge in [-0.05, 0) is 69.3 Å². The van der Waals surface area contributed by atoms with Crippen LogP contribution in [0.25, 0.3) is 0 Å². The number of hydrogen-bond donors (Lipinski definition) is 0. The number of benzene rings is 3. The van der Waals surface area contributed by atoms with Crippen LogP contribution < -0.4 is 9.64 Å². The molecule has 3 rings (SSSR count). The Balaban J connectivity index is 1.97. The molecule has 3 aromatic rings. The molecule has 3 aromatic carbocycles. The first-order valence-corrected chi connectivity index (χ1v) is 8.85. The summed E-state index contributed by atoms with van der Waals surface area (Å²) in [4.78, 5) is 13.9. The normalized spacial score (nSPS) is 10.3. The fourth-order valence-corrected chi connectivity index (χ4v) is 2.69. The van der Waals surface area contributed by atoms with Gasteiger partial charge < -0.3 is 9.64 Å². The fourth-order valence-electron chi connectivity index (χ4n) is 2.69. The van der Waals surface area contributed by atoms with Crippen molar-refractivity contribution in [3.63, 3.8) is 0 Å². The van der Waals surface area contributed by atoms with Crippen molar-refractivity contribution in [3.05, 3.63) is 96.1 Å². The highest BCUT2D eigenvalue weighted by Gasteiger charge is 2.13. The van der Waals surface area contributed by atoms with Gasteiger partial charge in [-0.2, -0.15) is 0 Å². The lowest BCUT2D eigenvalue weighted by atomic mass is 10.1. The topological polar surface area (TPSA) is 29.5 Å². The number of esters is 1. The van der Waals surface area contributed by atoms with Gasteiger partial charge in [0, 0.05) is 22.6 Å². The SMILES string of the molecule is C=C(C)C(=O)Oc1ccc(N(c2ccc(C)cc2)c2ccc(C)cc2)cc1. The van der Waals surface area contributed by atoms with Crippen LogP contribution in [0.5, 0.6) is 5.75 Å². The van der Waals surface area contributed by atoms with Crippen molar-refractivity contribution in [1.82, 2.24) is 0 Å². The van der Waals surface area contributed by atoms with Crippen molar-refractivity contribution in [2.75, 3.05) is 4.90 Å².